The van der Waals surface area contributed by atoms with Crippen LogP contribution in [-0.2, 0) is 11.2 Å². The van der Waals surface area contributed by atoms with E-state index in [0.717, 1.165) is 16.9 Å². The van der Waals surface area contributed by atoms with Crippen LogP contribution in [0.2, 0.25) is 0 Å². The number of amides is 2. The van der Waals surface area contributed by atoms with E-state index in [-0.39, 0.29) is 11.8 Å². The molecule has 0 aromatic heterocycles. The minimum absolute atomic E-state index is 0.0918. The SMILES string of the molecule is CCOc1ccc(NC(=O)c2ccc(NC(=O)Cc3ccccc3C)cc2)cc1. The van der Waals surface area contributed by atoms with Crippen molar-refractivity contribution in [3.05, 3.63) is 89.5 Å². The van der Waals surface area contributed by atoms with E-state index in [2.05, 4.69) is 10.6 Å². The highest BCUT2D eigenvalue weighted by Gasteiger charge is 2.09. The minimum Gasteiger partial charge on any atom is -0.494 e. The first-order chi connectivity index (χ1) is 14.0. The Morgan fingerprint density at radius 2 is 1.45 bits per heavy atom. The van der Waals surface area contributed by atoms with Crippen LogP contribution in [0.4, 0.5) is 11.4 Å². The van der Waals surface area contributed by atoms with E-state index in [1.807, 2.05) is 50.2 Å². The third-order valence-electron chi connectivity index (χ3n) is 4.47. The van der Waals surface area contributed by atoms with Crippen molar-refractivity contribution in [1.82, 2.24) is 0 Å². The molecule has 5 heteroatoms. The number of carbonyl (C=O) groups excluding carboxylic acids is 2. The van der Waals surface area contributed by atoms with Crippen molar-refractivity contribution in [2.24, 2.45) is 0 Å². The van der Waals surface area contributed by atoms with Crippen molar-refractivity contribution in [2.75, 3.05) is 17.2 Å². The van der Waals surface area contributed by atoms with Gasteiger partial charge >= 0.3 is 0 Å². The summed E-state index contributed by atoms with van der Waals surface area (Å²) in [5.41, 5.74) is 3.94. The van der Waals surface area contributed by atoms with Gasteiger partial charge in [0.2, 0.25) is 5.91 Å². The molecule has 0 radical (unpaired) electrons. The summed E-state index contributed by atoms with van der Waals surface area (Å²) in [7, 11) is 0. The molecule has 148 valence electrons. The third-order valence-corrected chi connectivity index (χ3v) is 4.47. The summed E-state index contributed by atoms with van der Waals surface area (Å²) >= 11 is 0. The highest BCUT2D eigenvalue weighted by atomic mass is 16.5. The van der Waals surface area contributed by atoms with Gasteiger partial charge in [-0.05, 0) is 73.5 Å². The summed E-state index contributed by atoms with van der Waals surface area (Å²) in [6.07, 6.45) is 0.312. The lowest BCUT2D eigenvalue weighted by Crippen LogP contribution is -2.15. The van der Waals surface area contributed by atoms with Gasteiger partial charge in [-0.1, -0.05) is 24.3 Å². The summed E-state index contributed by atoms with van der Waals surface area (Å²) in [6, 6.07) is 21.8. The number of carbonyl (C=O) groups is 2. The highest BCUT2D eigenvalue weighted by Crippen LogP contribution is 2.17. The van der Waals surface area contributed by atoms with Gasteiger partial charge in [0, 0.05) is 16.9 Å². The molecule has 3 rings (SSSR count). The lowest BCUT2D eigenvalue weighted by Gasteiger charge is -2.09. The zero-order valence-corrected chi connectivity index (χ0v) is 16.6. The molecule has 0 bridgehead atoms. The number of nitrogens with one attached hydrogen (secondary N) is 2. The first-order valence-corrected chi connectivity index (χ1v) is 9.54. The molecule has 0 saturated heterocycles. The number of aryl methyl sites for hydroxylation is 1. The second-order valence-corrected chi connectivity index (χ2v) is 6.64. The zero-order valence-electron chi connectivity index (χ0n) is 16.6. The van der Waals surface area contributed by atoms with Crippen molar-refractivity contribution in [1.29, 1.82) is 0 Å². The van der Waals surface area contributed by atoms with Crippen LogP contribution in [0.15, 0.2) is 72.8 Å². The van der Waals surface area contributed by atoms with Gasteiger partial charge in [-0.15, -0.1) is 0 Å². The lowest BCUT2D eigenvalue weighted by atomic mass is 10.1. The molecule has 0 saturated carbocycles. The molecule has 3 aromatic rings. The predicted molar refractivity (Wildman–Crippen MR) is 116 cm³/mol. The van der Waals surface area contributed by atoms with Crippen LogP contribution in [0.5, 0.6) is 5.75 Å². The molecule has 2 N–H and O–H groups in total. The Morgan fingerprint density at radius 1 is 0.828 bits per heavy atom. The van der Waals surface area contributed by atoms with E-state index in [0.29, 0.717) is 30.0 Å². The minimum atomic E-state index is -0.216. The largest absolute Gasteiger partial charge is 0.494 e. The molecule has 5 nitrogen and oxygen atoms in total. The molecule has 0 aliphatic carbocycles. The fourth-order valence-electron chi connectivity index (χ4n) is 2.90. The Balaban J connectivity index is 1.57. The Bertz CT molecular complexity index is 980. The Morgan fingerprint density at radius 3 is 2.10 bits per heavy atom. The Kier molecular flexibility index (Phi) is 6.63. The molecule has 29 heavy (non-hydrogen) atoms. The monoisotopic (exact) mass is 388 g/mol. The van der Waals surface area contributed by atoms with Crippen molar-refractivity contribution in [2.45, 2.75) is 20.3 Å². The quantitative estimate of drug-likeness (QED) is 0.609. The van der Waals surface area contributed by atoms with Crippen molar-refractivity contribution >= 4 is 23.2 Å². The van der Waals surface area contributed by atoms with Gasteiger partial charge in [0.25, 0.3) is 5.91 Å². The average molecular weight is 388 g/mol. The fourth-order valence-corrected chi connectivity index (χ4v) is 2.90. The smallest absolute Gasteiger partial charge is 0.255 e. The van der Waals surface area contributed by atoms with Crippen LogP contribution in [0, 0.1) is 6.92 Å². The number of hydrogen-bond acceptors (Lipinski definition) is 3. The summed E-state index contributed by atoms with van der Waals surface area (Å²) in [4.78, 5) is 24.7. The number of hydrogen-bond donors (Lipinski definition) is 2. The standard InChI is InChI=1S/C24H24N2O3/c1-3-29-22-14-12-21(13-15-22)26-24(28)18-8-10-20(11-9-18)25-23(27)16-19-7-5-4-6-17(19)2/h4-15H,3,16H2,1-2H3,(H,25,27)(H,26,28). The van der Waals surface area contributed by atoms with Gasteiger partial charge in [0.15, 0.2) is 0 Å². The van der Waals surface area contributed by atoms with Crippen LogP contribution in [0.1, 0.15) is 28.4 Å². The average Bonchev–Trinajstić information content (AvgIpc) is 2.72. The molecular formula is C24H24N2O3. The zero-order chi connectivity index (χ0) is 20.6. The molecule has 2 amide bonds. The maximum Gasteiger partial charge on any atom is 0.255 e. The second-order valence-electron chi connectivity index (χ2n) is 6.64. The topological polar surface area (TPSA) is 67.4 Å². The van der Waals surface area contributed by atoms with Crippen LogP contribution in [-0.4, -0.2) is 18.4 Å². The summed E-state index contributed by atoms with van der Waals surface area (Å²) in [6.45, 7) is 4.50. The van der Waals surface area contributed by atoms with Crippen LogP contribution < -0.4 is 15.4 Å². The normalized spacial score (nSPS) is 10.3. The number of ether oxygens (including phenoxy) is 1. The Labute approximate surface area is 170 Å². The maximum absolute atomic E-state index is 12.4. The van der Waals surface area contributed by atoms with Crippen molar-refractivity contribution in [3.63, 3.8) is 0 Å². The fraction of sp³-hybridized carbons (Fsp3) is 0.167. The molecule has 0 fully saturated rings. The summed E-state index contributed by atoms with van der Waals surface area (Å²) in [5, 5.41) is 5.71. The van der Waals surface area contributed by atoms with E-state index >= 15 is 0 Å². The van der Waals surface area contributed by atoms with Crippen LogP contribution in [0.25, 0.3) is 0 Å². The molecule has 0 unspecified atom stereocenters. The van der Waals surface area contributed by atoms with E-state index < -0.39 is 0 Å². The number of anilines is 2. The van der Waals surface area contributed by atoms with E-state index in [1.165, 1.54) is 0 Å². The molecule has 3 aromatic carbocycles. The summed E-state index contributed by atoms with van der Waals surface area (Å²) < 4.78 is 5.39. The predicted octanol–water partition coefficient (Wildman–Crippen LogP) is 4.83. The molecule has 0 spiro atoms. The van der Waals surface area contributed by atoms with Crippen molar-refractivity contribution < 1.29 is 14.3 Å². The number of rotatable bonds is 7. The third kappa shape index (κ3) is 5.69. The van der Waals surface area contributed by atoms with Crippen LogP contribution >= 0.6 is 0 Å². The van der Waals surface area contributed by atoms with Gasteiger partial charge in [-0.2, -0.15) is 0 Å². The highest BCUT2D eigenvalue weighted by molar-refractivity contribution is 6.04. The number of benzene rings is 3. The van der Waals surface area contributed by atoms with Gasteiger partial charge in [0.05, 0.1) is 13.0 Å². The maximum atomic E-state index is 12.4. The molecular weight excluding hydrogens is 364 g/mol. The first kappa shape index (κ1) is 20.1. The second kappa shape index (κ2) is 9.55. The van der Waals surface area contributed by atoms with Crippen LogP contribution in [0.3, 0.4) is 0 Å². The van der Waals surface area contributed by atoms with Gasteiger partial charge in [-0.25, -0.2) is 0 Å². The molecule has 0 heterocycles. The van der Waals surface area contributed by atoms with Gasteiger partial charge < -0.3 is 15.4 Å². The van der Waals surface area contributed by atoms with Gasteiger partial charge in [0.1, 0.15) is 5.75 Å². The Hall–Kier alpha value is -3.60. The summed E-state index contributed by atoms with van der Waals surface area (Å²) in [5.74, 6) is 0.453. The molecule has 0 atom stereocenters. The van der Waals surface area contributed by atoms with Gasteiger partial charge in [-0.3, -0.25) is 9.59 Å². The molecule has 0 aliphatic rings. The van der Waals surface area contributed by atoms with E-state index in [9.17, 15) is 9.59 Å². The van der Waals surface area contributed by atoms with E-state index in [1.54, 1.807) is 36.4 Å². The van der Waals surface area contributed by atoms with Crippen molar-refractivity contribution in [3.8, 4) is 5.75 Å². The first-order valence-electron chi connectivity index (χ1n) is 9.54. The molecule has 0 aliphatic heterocycles. The lowest BCUT2D eigenvalue weighted by molar-refractivity contribution is -0.115. The van der Waals surface area contributed by atoms with E-state index in [4.69, 9.17) is 4.74 Å².